The zero-order valence-electron chi connectivity index (χ0n) is 12.1. The molecule has 0 aromatic heterocycles. The molecule has 0 saturated carbocycles. The molecule has 108 valence electrons. The molecule has 3 amide bonds. The first kappa shape index (κ1) is 15.5. The van der Waals surface area contributed by atoms with Gasteiger partial charge in [-0.1, -0.05) is 13.8 Å². The topological polar surface area (TPSA) is 84.5 Å². The van der Waals surface area contributed by atoms with Crippen molar-refractivity contribution in [3.8, 4) is 0 Å². The van der Waals surface area contributed by atoms with Crippen LogP contribution in [-0.4, -0.2) is 29.0 Å². The van der Waals surface area contributed by atoms with E-state index in [1.54, 1.807) is 34.6 Å². The van der Waals surface area contributed by atoms with Crippen LogP contribution in [-0.2, 0) is 14.3 Å². The number of esters is 1. The number of imide groups is 1. The number of ether oxygens (including phenoxy) is 1. The van der Waals surface area contributed by atoms with Gasteiger partial charge in [0.2, 0.25) is 0 Å². The van der Waals surface area contributed by atoms with E-state index < -0.39 is 23.1 Å². The van der Waals surface area contributed by atoms with E-state index >= 15 is 0 Å². The monoisotopic (exact) mass is 270 g/mol. The number of rotatable bonds is 4. The third kappa shape index (κ3) is 3.68. The van der Waals surface area contributed by atoms with E-state index in [1.807, 2.05) is 0 Å². The third-order valence-corrected chi connectivity index (χ3v) is 3.08. The van der Waals surface area contributed by atoms with Crippen molar-refractivity contribution in [2.45, 2.75) is 58.6 Å². The first-order valence-corrected chi connectivity index (χ1v) is 6.46. The van der Waals surface area contributed by atoms with E-state index in [1.165, 1.54) is 0 Å². The van der Waals surface area contributed by atoms with E-state index in [0.717, 1.165) is 0 Å². The van der Waals surface area contributed by atoms with Gasteiger partial charge in [0.25, 0.3) is 5.91 Å². The minimum atomic E-state index is -1.01. The zero-order valence-corrected chi connectivity index (χ0v) is 12.1. The van der Waals surface area contributed by atoms with Gasteiger partial charge in [0.05, 0.1) is 5.92 Å². The lowest BCUT2D eigenvalue weighted by Crippen LogP contribution is -2.48. The number of amides is 3. The van der Waals surface area contributed by atoms with Crippen LogP contribution in [0.3, 0.4) is 0 Å². The zero-order chi connectivity index (χ0) is 14.8. The van der Waals surface area contributed by atoms with Gasteiger partial charge in [0.1, 0.15) is 11.1 Å². The molecule has 6 nitrogen and oxygen atoms in total. The second-order valence-corrected chi connectivity index (χ2v) is 5.98. The van der Waals surface area contributed by atoms with Crippen LogP contribution in [0.5, 0.6) is 0 Å². The average Bonchev–Trinajstić information content (AvgIpc) is 2.51. The highest BCUT2D eigenvalue weighted by atomic mass is 16.6. The lowest BCUT2D eigenvalue weighted by molar-refractivity contribution is -0.160. The molecule has 0 bridgehead atoms. The predicted octanol–water partition coefficient (Wildman–Crippen LogP) is 1.34. The van der Waals surface area contributed by atoms with E-state index in [4.69, 9.17) is 4.74 Å². The van der Waals surface area contributed by atoms with Crippen LogP contribution in [0, 0.1) is 5.92 Å². The Morgan fingerprint density at radius 2 is 1.95 bits per heavy atom. The quantitative estimate of drug-likeness (QED) is 0.596. The molecule has 0 radical (unpaired) electrons. The molecule has 1 heterocycles. The van der Waals surface area contributed by atoms with Crippen molar-refractivity contribution in [1.29, 1.82) is 0 Å². The summed E-state index contributed by atoms with van der Waals surface area (Å²) in [7, 11) is 0. The molecule has 0 unspecified atom stereocenters. The summed E-state index contributed by atoms with van der Waals surface area (Å²) in [5, 5.41) is 4.82. The maximum absolute atomic E-state index is 11.9. The Bertz CT molecular complexity index is 400. The normalized spacial score (nSPS) is 24.7. The first-order valence-electron chi connectivity index (χ1n) is 6.46. The Morgan fingerprint density at radius 3 is 2.32 bits per heavy atom. The van der Waals surface area contributed by atoms with Crippen molar-refractivity contribution < 1.29 is 19.1 Å². The molecular formula is C13H22N2O4. The highest BCUT2D eigenvalue weighted by molar-refractivity contribution is 6.07. The number of hydrogen-bond acceptors (Lipinski definition) is 4. The fraction of sp³-hybridized carbons (Fsp3) is 0.769. The van der Waals surface area contributed by atoms with Crippen LogP contribution >= 0.6 is 0 Å². The molecule has 1 aliphatic rings. The molecule has 0 aromatic rings. The van der Waals surface area contributed by atoms with Gasteiger partial charge >= 0.3 is 12.0 Å². The van der Waals surface area contributed by atoms with Crippen molar-refractivity contribution in [2.75, 3.05) is 0 Å². The van der Waals surface area contributed by atoms with Crippen LogP contribution in [0.25, 0.3) is 0 Å². The predicted molar refractivity (Wildman–Crippen MR) is 69.3 cm³/mol. The smallest absolute Gasteiger partial charge is 0.322 e. The Labute approximate surface area is 113 Å². The molecule has 0 aromatic carbocycles. The number of carbonyl (C=O) groups excluding carboxylic acids is 3. The summed E-state index contributed by atoms with van der Waals surface area (Å²) in [5.74, 6) is -1.21. The molecule has 1 saturated heterocycles. The summed E-state index contributed by atoms with van der Waals surface area (Å²) < 4.78 is 5.28. The van der Waals surface area contributed by atoms with Gasteiger partial charge in [-0.3, -0.25) is 14.9 Å². The minimum Gasteiger partial charge on any atom is -0.460 e. The number of hydrogen-bond donors (Lipinski definition) is 2. The van der Waals surface area contributed by atoms with Crippen LogP contribution < -0.4 is 10.6 Å². The largest absolute Gasteiger partial charge is 0.460 e. The highest BCUT2D eigenvalue weighted by Crippen LogP contribution is 2.26. The van der Waals surface area contributed by atoms with Crippen LogP contribution in [0.4, 0.5) is 4.79 Å². The fourth-order valence-electron chi connectivity index (χ4n) is 2.07. The molecule has 1 fully saturated rings. The van der Waals surface area contributed by atoms with Crippen LogP contribution in [0.2, 0.25) is 0 Å². The van der Waals surface area contributed by atoms with Gasteiger partial charge in [-0.15, -0.1) is 0 Å². The summed E-state index contributed by atoms with van der Waals surface area (Å²) in [6.45, 7) is 8.86. The minimum absolute atomic E-state index is 0.232. The molecule has 0 aliphatic carbocycles. The molecule has 2 atom stereocenters. The summed E-state index contributed by atoms with van der Waals surface area (Å²) in [5.41, 5.74) is -1.57. The summed E-state index contributed by atoms with van der Waals surface area (Å²) >= 11 is 0. The van der Waals surface area contributed by atoms with Crippen molar-refractivity contribution >= 4 is 17.9 Å². The molecule has 6 heteroatoms. The molecule has 1 rings (SSSR count). The SMILES string of the molecule is CC[C@]1(C[C@H](C)C(=O)OC(C)(C)C)NC(=O)NC1=O. The van der Waals surface area contributed by atoms with E-state index in [-0.39, 0.29) is 18.3 Å². The third-order valence-electron chi connectivity index (χ3n) is 3.08. The number of carbonyl (C=O) groups is 3. The summed E-state index contributed by atoms with van der Waals surface area (Å²) in [6.07, 6.45) is 0.660. The summed E-state index contributed by atoms with van der Waals surface area (Å²) in [4.78, 5) is 35.0. The fourth-order valence-corrected chi connectivity index (χ4v) is 2.07. The Balaban J connectivity index is 2.74. The lowest BCUT2D eigenvalue weighted by Gasteiger charge is -2.28. The maximum Gasteiger partial charge on any atom is 0.322 e. The van der Waals surface area contributed by atoms with Crippen LogP contribution in [0.1, 0.15) is 47.5 Å². The number of nitrogens with one attached hydrogen (secondary N) is 2. The second-order valence-electron chi connectivity index (χ2n) is 5.98. The van der Waals surface area contributed by atoms with E-state index in [2.05, 4.69) is 10.6 Å². The van der Waals surface area contributed by atoms with E-state index in [0.29, 0.717) is 6.42 Å². The summed E-state index contributed by atoms with van der Waals surface area (Å²) in [6, 6.07) is -0.511. The molecule has 19 heavy (non-hydrogen) atoms. The van der Waals surface area contributed by atoms with Crippen LogP contribution in [0.15, 0.2) is 0 Å². The van der Waals surface area contributed by atoms with Crippen molar-refractivity contribution in [3.05, 3.63) is 0 Å². The maximum atomic E-state index is 11.9. The van der Waals surface area contributed by atoms with Gasteiger partial charge in [-0.25, -0.2) is 4.79 Å². The first-order chi connectivity index (χ1) is 8.59. The van der Waals surface area contributed by atoms with Crippen molar-refractivity contribution in [1.82, 2.24) is 10.6 Å². The van der Waals surface area contributed by atoms with Gasteiger partial charge in [-0.2, -0.15) is 0 Å². The van der Waals surface area contributed by atoms with E-state index in [9.17, 15) is 14.4 Å². The Hall–Kier alpha value is -1.59. The van der Waals surface area contributed by atoms with Gasteiger partial charge in [0.15, 0.2) is 0 Å². The lowest BCUT2D eigenvalue weighted by atomic mass is 9.86. The van der Waals surface area contributed by atoms with Gasteiger partial charge < -0.3 is 10.1 Å². The average molecular weight is 270 g/mol. The number of urea groups is 1. The van der Waals surface area contributed by atoms with Gasteiger partial charge in [-0.05, 0) is 33.6 Å². The van der Waals surface area contributed by atoms with Crippen molar-refractivity contribution in [2.24, 2.45) is 5.92 Å². The Kier molecular flexibility index (Phi) is 4.22. The second kappa shape index (κ2) is 5.19. The Morgan fingerprint density at radius 1 is 1.37 bits per heavy atom. The highest BCUT2D eigenvalue weighted by Gasteiger charge is 2.46. The standard InChI is InChI=1S/C13H22N2O4/c1-6-13(10(17)14-11(18)15-13)7-8(2)9(16)19-12(3,4)5/h8H,6-7H2,1-5H3,(H2,14,15,17,18)/t8-,13+/m0/s1. The van der Waals surface area contributed by atoms with Crippen molar-refractivity contribution in [3.63, 3.8) is 0 Å². The molecular weight excluding hydrogens is 248 g/mol. The molecule has 0 spiro atoms. The van der Waals surface area contributed by atoms with Gasteiger partial charge in [0, 0.05) is 0 Å². The molecule has 1 aliphatic heterocycles. The molecule has 2 N–H and O–H groups in total.